The van der Waals surface area contributed by atoms with Crippen LogP contribution in [0.2, 0.25) is 0 Å². The van der Waals surface area contributed by atoms with Crippen LogP contribution in [0.25, 0.3) is 0 Å². The number of nitrogens with zero attached hydrogens (tertiary/aromatic N) is 1. The van der Waals surface area contributed by atoms with Crippen LogP contribution in [0.15, 0.2) is 47.5 Å². The molecule has 0 radical (unpaired) electrons. The Labute approximate surface area is 127 Å². The molecule has 0 fully saturated rings. The van der Waals surface area contributed by atoms with E-state index >= 15 is 0 Å². The summed E-state index contributed by atoms with van der Waals surface area (Å²) in [6, 6.07) is 13.3. The summed E-state index contributed by atoms with van der Waals surface area (Å²) in [5, 5.41) is 11.8. The van der Waals surface area contributed by atoms with E-state index in [4.69, 9.17) is 0 Å². The zero-order chi connectivity index (χ0) is 15.4. The van der Waals surface area contributed by atoms with Crippen molar-refractivity contribution in [2.75, 3.05) is 0 Å². The van der Waals surface area contributed by atoms with Gasteiger partial charge in [-0.2, -0.15) is 0 Å². The molecular weight excluding hydrogens is 258 g/mol. The smallest absolute Gasteiger partial charge is 0.0699 e. The van der Waals surface area contributed by atoms with Crippen molar-refractivity contribution in [3.05, 3.63) is 59.2 Å². The lowest BCUT2D eigenvalue weighted by atomic mass is 9.93. The van der Waals surface area contributed by atoms with Gasteiger partial charge in [-0.05, 0) is 28.5 Å². The Kier molecular flexibility index (Phi) is 4.79. The van der Waals surface area contributed by atoms with Gasteiger partial charge in [-0.15, -0.1) is 5.75 Å². The van der Waals surface area contributed by atoms with E-state index in [9.17, 15) is 5.11 Å². The summed E-state index contributed by atoms with van der Waals surface area (Å²) in [4.78, 5) is 4.65. The van der Waals surface area contributed by atoms with Gasteiger partial charge >= 0.3 is 0 Å². The Morgan fingerprint density at radius 2 is 1.43 bits per heavy atom. The van der Waals surface area contributed by atoms with E-state index in [-0.39, 0.29) is 5.75 Å². The van der Waals surface area contributed by atoms with Gasteiger partial charge in [0.15, 0.2) is 0 Å². The second-order valence-electron chi connectivity index (χ2n) is 5.89. The molecule has 0 aliphatic rings. The molecule has 2 aromatic rings. The predicted molar refractivity (Wildman–Crippen MR) is 87.8 cm³/mol. The molecule has 21 heavy (non-hydrogen) atoms. The van der Waals surface area contributed by atoms with Gasteiger partial charge in [0.2, 0.25) is 0 Å². The number of para-hydroxylation sites is 2. The Balaban J connectivity index is 2.49. The first-order valence-corrected chi connectivity index (χ1v) is 7.43. The number of benzene rings is 2. The van der Waals surface area contributed by atoms with E-state index in [1.807, 2.05) is 6.07 Å². The van der Waals surface area contributed by atoms with E-state index in [0.29, 0.717) is 17.4 Å². The van der Waals surface area contributed by atoms with Gasteiger partial charge in [0.25, 0.3) is 0 Å². The Bertz CT molecular complexity index is 616. The molecule has 0 aromatic heterocycles. The average Bonchev–Trinajstić information content (AvgIpc) is 2.45. The maximum absolute atomic E-state index is 11.8. The first kappa shape index (κ1) is 15.3. The third-order valence-corrected chi connectivity index (χ3v) is 3.59. The standard InChI is InChI=1S/C19H23NO/c1-13(2)16-9-7-10-17(14(3)4)19(16)20-12-15-8-5-6-11-18(15)21/h5-14,21H,1-4H3/p-1. The molecule has 0 aliphatic heterocycles. The van der Waals surface area contributed by atoms with E-state index in [1.54, 1.807) is 24.4 Å². The van der Waals surface area contributed by atoms with Crippen LogP contribution in [0.1, 0.15) is 56.2 Å². The van der Waals surface area contributed by atoms with Gasteiger partial charge in [-0.3, -0.25) is 4.99 Å². The molecule has 2 aromatic carbocycles. The maximum atomic E-state index is 11.8. The summed E-state index contributed by atoms with van der Waals surface area (Å²) in [6.45, 7) is 8.67. The fraction of sp³-hybridized carbons (Fsp3) is 0.316. The minimum absolute atomic E-state index is 0.00868. The lowest BCUT2D eigenvalue weighted by molar-refractivity contribution is -0.268. The summed E-state index contributed by atoms with van der Waals surface area (Å²) >= 11 is 0. The van der Waals surface area contributed by atoms with Crippen LogP contribution < -0.4 is 5.11 Å². The van der Waals surface area contributed by atoms with Crippen molar-refractivity contribution in [3.63, 3.8) is 0 Å². The lowest BCUT2D eigenvalue weighted by Gasteiger charge is -2.16. The number of aliphatic imine (C=N–C) groups is 1. The molecule has 0 amide bonds. The predicted octanol–water partition coefficient (Wildman–Crippen LogP) is 4.76. The molecule has 0 aliphatic carbocycles. The SMILES string of the molecule is CC(C)c1cccc(C(C)C)c1N=Cc1ccccc1[O-]. The van der Waals surface area contributed by atoms with Crippen molar-refractivity contribution >= 4 is 11.9 Å². The molecule has 0 heterocycles. The highest BCUT2D eigenvalue weighted by molar-refractivity contribution is 5.85. The molecule has 0 saturated carbocycles. The summed E-state index contributed by atoms with van der Waals surface area (Å²) in [6.07, 6.45) is 1.69. The van der Waals surface area contributed by atoms with Gasteiger partial charge in [0, 0.05) is 6.21 Å². The lowest BCUT2D eigenvalue weighted by Crippen LogP contribution is -1.97. The van der Waals surface area contributed by atoms with Crippen molar-refractivity contribution in [2.45, 2.75) is 39.5 Å². The summed E-state index contributed by atoms with van der Waals surface area (Å²) < 4.78 is 0. The van der Waals surface area contributed by atoms with Gasteiger partial charge in [0.05, 0.1) is 5.69 Å². The topological polar surface area (TPSA) is 35.4 Å². The molecule has 0 atom stereocenters. The monoisotopic (exact) mass is 280 g/mol. The van der Waals surface area contributed by atoms with E-state index in [0.717, 1.165) is 5.69 Å². The molecule has 2 heteroatoms. The minimum Gasteiger partial charge on any atom is -0.872 e. The third-order valence-electron chi connectivity index (χ3n) is 3.59. The van der Waals surface area contributed by atoms with Crippen LogP contribution in [0.5, 0.6) is 5.75 Å². The number of hydrogen-bond donors (Lipinski definition) is 0. The Hall–Kier alpha value is -2.09. The van der Waals surface area contributed by atoms with Gasteiger partial charge < -0.3 is 5.11 Å². The van der Waals surface area contributed by atoms with E-state index in [1.165, 1.54) is 11.1 Å². The van der Waals surface area contributed by atoms with Crippen molar-refractivity contribution in [1.82, 2.24) is 0 Å². The number of rotatable bonds is 4. The van der Waals surface area contributed by atoms with Crippen LogP contribution in [0.3, 0.4) is 0 Å². The van der Waals surface area contributed by atoms with Crippen molar-refractivity contribution in [2.24, 2.45) is 4.99 Å². The van der Waals surface area contributed by atoms with Crippen molar-refractivity contribution in [1.29, 1.82) is 0 Å². The van der Waals surface area contributed by atoms with E-state index in [2.05, 4.69) is 50.9 Å². The highest BCUT2D eigenvalue weighted by Gasteiger charge is 2.12. The Morgan fingerprint density at radius 3 is 1.95 bits per heavy atom. The molecule has 110 valence electrons. The zero-order valence-corrected chi connectivity index (χ0v) is 13.1. The van der Waals surface area contributed by atoms with E-state index < -0.39 is 0 Å². The molecule has 0 N–H and O–H groups in total. The van der Waals surface area contributed by atoms with Crippen LogP contribution in [0.4, 0.5) is 5.69 Å². The van der Waals surface area contributed by atoms with Crippen LogP contribution in [-0.2, 0) is 0 Å². The largest absolute Gasteiger partial charge is 0.872 e. The minimum atomic E-state index is 0.00868. The fourth-order valence-electron chi connectivity index (χ4n) is 2.38. The normalized spacial score (nSPS) is 11.7. The Morgan fingerprint density at radius 1 is 0.857 bits per heavy atom. The van der Waals surface area contributed by atoms with Crippen molar-refractivity contribution in [3.8, 4) is 5.75 Å². The summed E-state index contributed by atoms with van der Waals surface area (Å²) in [7, 11) is 0. The molecule has 0 unspecified atom stereocenters. The molecule has 0 saturated heterocycles. The molecule has 2 nitrogen and oxygen atoms in total. The van der Waals surface area contributed by atoms with Crippen LogP contribution in [-0.4, -0.2) is 6.21 Å². The highest BCUT2D eigenvalue weighted by atomic mass is 16.3. The maximum Gasteiger partial charge on any atom is 0.0699 e. The van der Waals surface area contributed by atoms with Crippen LogP contribution >= 0.6 is 0 Å². The van der Waals surface area contributed by atoms with Gasteiger partial charge in [0.1, 0.15) is 0 Å². The van der Waals surface area contributed by atoms with Crippen LogP contribution in [0, 0.1) is 0 Å². The first-order chi connectivity index (χ1) is 10.0. The number of hydrogen-bond acceptors (Lipinski definition) is 2. The molecule has 0 spiro atoms. The fourth-order valence-corrected chi connectivity index (χ4v) is 2.38. The average molecular weight is 280 g/mol. The molecule has 2 rings (SSSR count). The van der Waals surface area contributed by atoms with Gasteiger partial charge in [-0.25, -0.2) is 0 Å². The highest BCUT2D eigenvalue weighted by Crippen LogP contribution is 2.34. The quantitative estimate of drug-likeness (QED) is 0.744. The zero-order valence-electron chi connectivity index (χ0n) is 13.1. The first-order valence-electron chi connectivity index (χ1n) is 7.43. The molecular formula is C19H22NO-. The van der Waals surface area contributed by atoms with Gasteiger partial charge in [-0.1, -0.05) is 70.2 Å². The third kappa shape index (κ3) is 3.52. The van der Waals surface area contributed by atoms with Crippen molar-refractivity contribution < 1.29 is 5.11 Å². The summed E-state index contributed by atoms with van der Waals surface area (Å²) in [5.74, 6) is 0.811. The second kappa shape index (κ2) is 6.57. The second-order valence-corrected chi connectivity index (χ2v) is 5.89. The molecule has 0 bridgehead atoms. The summed E-state index contributed by atoms with van der Waals surface area (Å²) in [5.41, 5.74) is 4.08.